The third-order valence-electron chi connectivity index (χ3n) is 4.10. The number of aryl methyl sites for hydroxylation is 1. The van der Waals surface area contributed by atoms with Crippen LogP contribution in [-0.4, -0.2) is 42.3 Å². The Morgan fingerprint density at radius 1 is 1.32 bits per heavy atom. The summed E-state index contributed by atoms with van der Waals surface area (Å²) in [5, 5.41) is 13.6. The number of hydrogen-bond donors (Lipinski definition) is 2. The number of fused-ring (bicyclic) bond motifs is 1. The third kappa shape index (κ3) is 3.78. The SMILES string of the molecule is CCN(CC)CC(O)CNC1CCc2ccccc21. The fraction of sp³-hybridized carbons (Fsp3) is 0.625. The molecule has 2 atom stereocenters. The lowest BCUT2D eigenvalue weighted by molar-refractivity contribution is 0.114. The normalized spacial score (nSPS) is 19.7. The first kappa shape index (κ1) is 14.5. The zero-order valence-electron chi connectivity index (χ0n) is 12.1. The van der Waals surface area contributed by atoms with Gasteiger partial charge in [-0.2, -0.15) is 0 Å². The molecule has 2 unspecified atom stereocenters. The highest BCUT2D eigenvalue weighted by molar-refractivity contribution is 5.34. The average molecular weight is 262 g/mol. The molecule has 0 spiro atoms. The van der Waals surface area contributed by atoms with Crippen molar-refractivity contribution in [2.75, 3.05) is 26.2 Å². The summed E-state index contributed by atoms with van der Waals surface area (Å²) >= 11 is 0. The van der Waals surface area contributed by atoms with Crippen LogP contribution < -0.4 is 5.32 Å². The molecule has 0 radical (unpaired) electrons. The second-order valence-electron chi connectivity index (χ2n) is 5.34. The lowest BCUT2D eigenvalue weighted by Gasteiger charge is -2.23. The summed E-state index contributed by atoms with van der Waals surface area (Å²) in [5.41, 5.74) is 2.87. The first-order valence-corrected chi connectivity index (χ1v) is 7.46. The van der Waals surface area contributed by atoms with Gasteiger partial charge in [-0.3, -0.25) is 0 Å². The van der Waals surface area contributed by atoms with Crippen LogP contribution in [0.1, 0.15) is 37.4 Å². The Bertz CT molecular complexity index is 390. The summed E-state index contributed by atoms with van der Waals surface area (Å²) in [6.45, 7) is 7.71. The Labute approximate surface area is 116 Å². The van der Waals surface area contributed by atoms with E-state index in [0.717, 1.165) is 32.5 Å². The van der Waals surface area contributed by atoms with Crippen LogP contribution in [0.4, 0.5) is 0 Å². The number of aliphatic hydroxyl groups excluding tert-OH is 1. The number of nitrogens with one attached hydrogen (secondary N) is 1. The van der Waals surface area contributed by atoms with Crippen molar-refractivity contribution in [1.29, 1.82) is 0 Å². The monoisotopic (exact) mass is 262 g/mol. The molecule has 3 nitrogen and oxygen atoms in total. The van der Waals surface area contributed by atoms with Crippen molar-refractivity contribution in [3.8, 4) is 0 Å². The summed E-state index contributed by atoms with van der Waals surface area (Å²) in [7, 11) is 0. The van der Waals surface area contributed by atoms with E-state index >= 15 is 0 Å². The van der Waals surface area contributed by atoms with Gasteiger partial charge in [-0.05, 0) is 37.1 Å². The molecule has 19 heavy (non-hydrogen) atoms. The molecule has 2 rings (SSSR count). The Hall–Kier alpha value is -0.900. The highest BCUT2D eigenvalue weighted by Crippen LogP contribution is 2.30. The Kier molecular flexibility index (Phi) is 5.37. The van der Waals surface area contributed by atoms with Gasteiger partial charge < -0.3 is 15.3 Å². The van der Waals surface area contributed by atoms with E-state index < -0.39 is 0 Å². The Morgan fingerprint density at radius 3 is 2.79 bits per heavy atom. The highest BCUT2D eigenvalue weighted by Gasteiger charge is 2.22. The molecule has 0 bridgehead atoms. The Morgan fingerprint density at radius 2 is 2.05 bits per heavy atom. The van der Waals surface area contributed by atoms with Crippen LogP contribution in [0.2, 0.25) is 0 Å². The van der Waals surface area contributed by atoms with Gasteiger partial charge in [0.1, 0.15) is 0 Å². The number of rotatable bonds is 7. The predicted octanol–water partition coefficient (Wildman–Crippen LogP) is 1.97. The van der Waals surface area contributed by atoms with Crippen molar-refractivity contribution in [1.82, 2.24) is 10.2 Å². The molecular formula is C16H26N2O. The van der Waals surface area contributed by atoms with Crippen LogP contribution in [0.15, 0.2) is 24.3 Å². The maximum Gasteiger partial charge on any atom is 0.0791 e. The fourth-order valence-electron chi connectivity index (χ4n) is 2.89. The number of hydrogen-bond acceptors (Lipinski definition) is 3. The van der Waals surface area contributed by atoms with E-state index in [2.05, 4.69) is 48.3 Å². The summed E-state index contributed by atoms with van der Waals surface area (Å²) in [5.74, 6) is 0. The number of benzene rings is 1. The van der Waals surface area contributed by atoms with Gasteiger partial charge >= 0.3 is 0 Å². The van der Waals surface area contributed by atoms with E-state index in [1.165, 1.54) is 11.1 Å². The number of nitrogens with zero attached hydrogens (tertiary/aromatic N) is 1. The molecule has 1 aliphatic rings. The van der Waals surface area contributed by atoms with Crippen LogP contribution >= 0.6 is 0 Å². The van der Waals surface area contributed by atoms with Gasteiger partial charge in [0.2, 0.25) is 0 Å². The second-order valence-corrected chi connectivity index (χ2v) is 5.34. The molecule has 0 aromatic heterocycles. The van der Waals surface area contributed by atoms with E-state index in [1.54, 1.807) is 0 Å². The first-order valence-electron chi connectivity index (χ1n) is 7.46. The third-order valence-corrected chi connectivity index (χ3v) is 4.10. The molecule has 0 saturated carbocycles. The van der Waals surface area contributed by atoms with E-state index in [4.69, 9.17) is 0 Å². The van der Waals surface area contributed by atoms with E-state index in [-0.39, 0.29) is 6.10 Å². The van der Waals surface area contributed by atoms with Crippen molar-refractivity contribution in [3.63, 3.8) is 0 Å². The minimum absolute atomic E-state index is 0.285. The molecule has 2 N–H and O–H groups in total. The van der Waals surface area contributed by atoms with Gasteiger partial charge in [0.25, 0.3) is 0 Å². The van der Waals surface area contributed by atoms with Crippen LogP contribution in [0.25, 0.3) is 0 Å². The largest absolute Gasteiger partial charge is 0.390 e. The van der Waals surface area contributed by atoms with Crippen molar-refractivity contribution in [2.24, 2.45) is 0 Å². The molecule has 1 aromatic carbocycles. The predicted molar refractivity (Wildman–Crippen MR) is 79.3 cm³/mol. The van der Waals surface area contributed by atoms with Crippen LogP contribution in [-0.2, 0) is 6.42 Å². The zero-order valence-corrected chi connectivity index (χ0v) is 12.1. The number of aliphatic hydroxyl groups is 1. The summed E-state index contributed by atoms with van der Waals surface area (Å²) in [4.78, 5) is 2.26. The first-order chi connectivity index (χ1) is 9.24. The fourth-order valence-corrected chi connectivity index (χ4v) is 2.89. The molecule has 0 fully saturated rings. The average Bonchev–Trinajstić information content (AvgIpc) is 2.86. The molecule has 0 saturated heterocycles. The Balaban J connectivity index is 1.80. The molecule has 3 heteroatoms. The van der Waals surface area contributed by atoms with E-state index in [1.807, 2.05) is 0 Å². The molecule has 106 valence electrons. The van der Waals surface area contributed by atoms with Crippen LogP contribution in [0, 0.1) is 0 Å². The minimum Gasteiger partial charge on any atom is -0.390 e. The molecule has 0 amide bonds. The van der Waals surface area contributed by atoms with Gasteiger partial charge in [-0.25, -0.2) is 0 Å². The number of likely N-dealkylation sites (N-methyl/N-ethyl adjacent to an activating group) is 1. The highest BCUT2D eigenvalue weighted by atomic mass is 16.3. The maximum atomic E-state index is 10.1. The minimum atomic E-state index is -0.285. The quantitative estimate of drug-likeness (QED) is 0.788. The van der Waals surface area contributed by atoms with Crippen LogP contribution in [0.3, 0.4) is 0 Å². The van der Waals surface area contributed by atoms with E-state index in [9.17, 15) is 5.11 Å². The van der Waals surface area contributed by atoms with Gasteiger partial charge in [0, 0.05) is 19.1 Å². The van der Waals surface area contributed by atoms with Crippen molar-refractivity contribution in [3.05, 3.63) is 35.4 Å². The summed E-state index contributed by atoms with van der Waals surface area (Å²) in [6.07, 6.45) is 2.02. The lowest BCUT2D eigenvalue weighted by atomic mass is 10.1. The van der Waals surface area contributed by atoms with E-state index in [0.29, 0.717) is 12.6 Å². The van der Waals surface area contributed by atoms with Crippen molar-refractivity contribution >= 4 is 0 Å². The molecule has 1 aromatic rings. The van der Waals surface area contributed by atoms with Gasteiger partial charge in [-0.15, -0.1) is 0 Å². The molecule has 0 aliphatic heterocycles. The second kappa shape index (κ2) is 7.04. The maximum absolute atomic E-state index is 10.1. The summed E-state index contributed by atoms with van der Waals surface area (Å²) < 4.78 is 0. The van der Waals surface area contributed by atoms with Gasteiger partial charge in [0.05, 0.1) is 6.10 Å². The lowest BCUT2D eigenvalue weighted by Crippen LogP contribution is -2.39. The molecular weight excluding hydrogens is 236 g/mol. The summed E-state index contributed by atoms with van der Waals surface area (Å²) in [6, 6.07) is 9.05. The zero-order chi connectivity index (χ0) is 13.7. The van der Waals surface area contributed by atoms with Gasteiger partial charge in [0.15, 0.2) is 0 Å². The molecule has 1 aliphatic carbocycles. The van der Waals surface area contributed by atoms with Gasteiger partial charge in [-0.1, -0.05) is 38.1 Å². The van der Waals surface area contributed by atoms with Crippen LogP contribution in [0.5, 0.6) is 0 Å². The van der Waals surface area contributed by atoms with Crippen molar-refractivity contribution in [2.45, 2.75) is 38.8 Å². The molecule has 0 heterocycles. The smallest absolute Gasteiger partial charge is 0.0791 e. The van der Waals surface area contributed by atoms with Crippen molar-refractivity contribution < 1.29 is 5.11 Å². The topological polar surface area (TPSA) is 35.5 Å². The standard InChI is InChI=1S/C16H26N2O/c1-3-18(4-2)12-14(19)11-17-16-10-9-13-7-5-6-8-15(13)16/h5-8,14,16-17,19H,3-4,9-12H2,1-2H3.